The van der Waals surface area contributed by atoms with Gasteiger partial charge < -0.3 is 10.5 Å². The van der Waals surface area contributed by atoms with E-state index < -0.39 is 21.8 Å². The fraction of sp³-hybridized carbons (Fsp3) is 0.462. The first-order valence-electron chi connectivity index (χ1n) is 6.58. The van der Waals surface area contributed by atoms with Gasteiger partial charge in [-0.05, 0) is 38.0 Å². The molecule has 0 atom stereocenters. The Labute approximate surface area is 122 Å². The molecule has 0 aliphatic heterocycles. The highest BCUT2D eigenvalue weighted by Gasteiger charge is 2.39. The average molecular weight is 316 g/mol. The van der Waals surface area contributed by atoms with E-state index in [0.717, 1.165) is 16.4 Å². The van der Waals surface area contributed by atoms with Gasteiger partial charge in [0.15, 0.2) is 0 Å². The summed E-state index contributed by atoms with van der Waals surface area (Å²) in [6.07, 6.45) is 1.34. The monoisotopic (exact) mass is 316 g/mol. The zero-order valence-corrected chi connectivity index (χ0v) is 12.4. The van der Waals surface area contributed by atoms with E-state index in [-0.39, 0.29) is 29.8 Å². The molecule has 0 radical (unpaired) electrons. The van der Waals surface area contributed by atoms with Crippen LogP contribution in [0.3, 0.4) is 0 Å². The lowest BCUT2D eigenvalue weighted by Gasteiger charge is -2.21. The van der Waals surface area contributed by atoms with Crippen LogP contribution in [-0.2, 0) is 19.6 Å². The number of carbonyl (C=O) groups is 1. The lowest BCUT2D eigenvalue weighted by Crippen LogP contribution is -2.38. The molecular formula is C13H17FN2O4S. The molecule has 1 saturated carbocycles. The number of esters is 1. The van der Waals surface area contributed by atoms with Gasteiger partial charge in [-0.25, -0.2) is 12.8 Å². The average Bonchev–Trinajstić information content (AvgIpc) is 3.19. The molecule has 0 aromatic heterocycles. The maximum atomic E-state index is 13.4. The molecule has 1 fully saturated rings. The SMILES string of the molecule is CCOC(=O)CN(C1CC1)S(=O)(=O)c1cc(N)cc(F)c1. The summed E-state index contributed by atoms with van der Waals surface area (Å²) in [6, 6.07) is 2.86. The summed E-state index contributed by atoms with van der Waals surface area (Å²) in [5, 5.41) is 0. The van der Waals surface area contributed by atoms with Gasteiger partial charge >= 0.3 is 5.97 Å². The van der Waals surface area contributed by atoms with Crippen LogP contribution in [0.5, 0.6) is 0 Å². The van der Waals surface area contributed by atoms with E-state index in [4.69, 9.17) is 10.5 Å². The van der Waals surface area contributed by atoms with Gasteiger partial charge in [-0.3, -0.25) is 4.79 Å². The fourth-order valence-electron chi connectivity index (χ4n) is 1.98. The van der Waals surface area contributed by atoms with E-state index in [2.05, 4.69) is 0 Å². The summed E-state index contributed by atoms with van der Waals surface area (Å²) in [7, 11) is -3.98. The van der Waals surface area contributed by atoms with E-state index >= 15 is 0 Å². The molecule has 116 valence electrons. The number of hydrogen-bond acceptors (Lipinski definition) is 5. The molecule has 0 spiro atoms. The molecule has 2 rings (SSSR count). The van der Waals surface area contributed by atoms with Gasteiger partial charge in [0, 0.05) is 11.7 Å². The van der Waals surface area contributed by atoms with Crippen molar-refractivity contribution in [3.05, 3.63) is 24.0 Å². The van der Waals surface area contributed by atoms with Gasteiger partial charge in [0.1, 0.15) is 12.4 Å². The van der Waals surface area contributed by atoms with Crippen LogP contribution in [0.4, 0.5) is 10.1 Å². The minimum absolute atomic E-state index is 0.0143. The number of hydrogen-bond donors (Lipinski definition) is 1. The van der Waals surface area contributed by atoms with Crippen LogP contribution in [0.1, 0.15) is 19.8 Å². The first-order chi connectivity index (χ1) is 9.84. The van der Waals surface area contributed by atoms with Crippen molar-refractivity contribution in [3.63, 3.8) is 0 Å². The van der Waals surface area contributed by atoms with E-state index in [1.165, 1.54) is 6.07 Å². The predicted octanol–water partition coefficient (Wildman–Crippen LogP) is 1.12. The van der Waals surface area contributed by atoms with E-state index in [0.29, 0.717) is 12.8 Å². The molecule has 8 heteroatoms. The third-order valence-electron chi connectivity index (χ3n) is 3.04. The summed E-state index contributed by atoms with van der Waals surface area (Å²) in [6.45, 7) is 1.43. The van der Waals surface area contributed by atoms with Gasteiger partial charge in [-0.1, -0.05) is 0 Å². The Balaban J connectivity index is 2.31. The van der Waals surface area contributed by atoms with Crippen LogP contribution < -0.4 is 5.73 Å². The normalized spacial score (nSPS) is 15.2. The first kappa shape index (κ1) is 15.7. The van der Waals surface area contributed by atoms with Gasteiger partial charge in [0.2, 0.25) is 10.0 Å². The number of nitrogen functional groups attached to an aromatic ring is 1. The number of anilines is 1. The first-order valence-corrected chi connectivity index (χ1v) is 8.02. The van der Waals surface area contributed by atoms with E-state index in [9.17, 15) is 17.6 Å². The quantitative estimate of drug-likeness (QED) is 0.627. The third-order valence-corrected chi connectivity index (χ3v) is 4.92. The van der Waals surface area contributed by atoms with Gasteiger partial charge in [0.05, 0.1) is 11.5 Å². The molecule has 6 nitrogen and oxygen atoms in total. The second-order valence-corrected chi connectivity index (χ2v) is 6.70. The lowest BCUT2D eigenvalue weighted by atomic mass is 10.3. The molecule has 0 amide bonds. The highest BCUT2D eigenvalue weighted by molar-refractivity contribution is 7.89. The Morgan fingerprint density at radius 1 is 1.43 bits per heavy atom. The highest BCUT2D eigenvalue weighted by Crippen LogP contribution is 2.32. The Kier molecular flexibility index (Phi) is 4.48. The number of ether oxygens (including phenoxy) is 1. The minimum Gasteiger partial charge on any atom is -0.465 e. The number of nitrogens with two attached hydrogens (primary N) is 1. The molecule has 1 aromatic rings. The maximum Gasteiger partial charge on any atom is 0.321 e. The summed E-state index contributed by atoms with van der Waals surface area (Å²) < 4.78 is 44.3. The predicted molar refractivity (Wildman–Crippen MR) is 74.4 cm³/mol. The molecule has 1 aromatic carbocycles. The van der Waals surface area contributed by atoms with E-state index in [1.807, 2.05) is 0 Å². The molecule has 1 aliphatic rings. The van der Waals surface area contributed by atoms with Crippen molar-refractivity contribution in [2.24, 2.45) is 0 Å². The molecule has 0 heterocycles. The van der Waals surface area contributed by atoms with Crippen LogP contribution in [0.25, 0.3) is 0 Å². The summed E-state index contributed by atoms with van der Waals surface area (Å²) in [5.41, 5.74) is 5.50. The van der Waals surface area contributed by atoms with Crippen molar-refractivity contribution < 1.29 is 22.3 Å². The zero-order valence-electron chi connectivity index (χ0n) is 11.6. The van der Waals surface area contributed by atoms with Crippen molar-refractivity contribution in [1.82, 2.24) is 4.31 Å². The molecular weight excluding hydrogens is 299 g/mol. The lowest BCUT2D eigenvalue weighted by molar-refractivity contribution is -0.143. The van der Waals surface area contributed by atoms with Crippen LogP contribution >= 0.6 is 0 Å². The number of sulfonamides is 1. The van der Waals surface area contributed by atoms with Crippen LogP contribution in [0.15, 0.2) is 23.1 Å². The molecule has 1 aliphatic carbocycles. The Morgan fingerprint density at radius 3 is 2.62 bits per heavy atom. The number of nitrogens with zero attached hydrogens (tertiary/aromatic N) is 1. The van der Waals surface area contributed by atoms with Gasteiger partial charge in [-0.15, -0.1) is 0 Å². The van der Waals surface area contributed by atoms with Crippen LogP contribution in [0.2, 0.25) is 0 Å². The minimum atomic E-state index is -3.98. The Bertz CT molecular complexity index is 623. The summed E-state index contributed by atoms with van der Waals surface area (Å²) in [4.78, 5) is 11.3. The standard InChI is InChI=1S/C13H17FN2O4S/c1-2-20-13(17)8-16(11-3-4-11)21(18,19)12-6-9(14)5-10(15)7-12/h5-7,11H,2-4,8,15H2,1H3. The van der Waals surface area contributed by atoms with Crippen LogP contribution in [0, 0.1) is 5.82 Å². The highest BCUT2D eigenvalue weighted by atomic mass is 32.2. The fourth-order valence-corrected chi connectivity index (χ4v) is 3.67. The second-order valence-electron chi connectivity index (χ2n) is 4.81. The molecule has 0 saturated heterocycles. The van der Waals surface area contributed by atoms with E-state index in [1.54, 1.807) is 6.92 Å². The molecule has 2 N–H and O–H groups in total. The Hall–Kier alpha value is -1.67. The van der Waals surface area contributed by atoms with Crippen molar-refractivity contribution in [2.75, 3.05) is 18.9 Å². The van der Waals surface area contributed by atoms with Crippen molar-refractivity contribution in [3.8, 4) is 0 Å². The van der Waals surface area contributed by atoms with Gasteiger partial charge in [-0.2, -0.15) is 4.31 Å². The molecule has 0 unspecified atom stereocenters. The molecule has 21 heavy (non-hydrogen) atoms. The number of halogens is 1. The molecule has 0 bridgehead atoms. The second kappa shape index (κ2) is 5.98. The zero-order chi connectivity index (χ0) is 15.6. The smallest absolute Gasteiger partial charge is 0.321 e. The topological polar surface area (TPSA) is 89.7 Å². The maximum absolute atomic E-state index is 13.4. The summed E-state index contributed by atoms with van der Waals surface area (Å²) in [5.74, 6) is -1.36. The van der Waals surface area contributed by atoms with Crippen LogP contribution in [-0.4, -0.2) is 37.9 Å². The number of carbonyl (C=O) groups excluding carboxylic acids is 1. The van der Waals surface area contributed by atoms with Gasteiger partial charge in [0.25, 0.3) is 0 Å². The van der Waals surface area contributed by atoms with Crippen molar-refractivity contribution in [1.29, 1.82) is 0 Å². The largest absolute Gasteiger partial charge is 0.465 e. The van der Waals surface area contributed by atoms with Crippen molar-refractivity contribution in [2.45, 2.75) is 30.7 Å². The number of benzene rings is 1. The third kappa shape index (κ3) is 3.70. The Morgan fingerprint density at radius 2 is 2.10 bits per heavy atom. The van der Waals surface area contributed by atoms with Crippen molar-refractivity contribution >= 4 is 21.7 Å². The number of rotatable bonds is 6. The summed E-state index contributed by atoms with van der Waals surface area (Å²) >= 11 is 0.